The number of aromatic carboxylic acids is 1. The van der Waals surface area contributed by atoms with Gasteiger partial charge in [0.2, 0.25) is 11.8 Å². The summed E-state index contributed by atoms with van der Waals surface area (Å²) < 4.78 is 13.3. The second-order valence-corrected chi connectivity index (χ2v) is 6.45. The Balaban J connectivity index is 1.63. The number of carboxylic acid groups (broad SMARTS) is 1. The molecule has 0 saturated heterocycles. The Morgan fingerprint density at radius 3 is 2.96 bits per heavy atom. The van der Waals surface area contributed by atoms with Gasteiger partial charge in [0.25, 0.3) is 0 Å². The normalized spacial score (nSPS) is 16.0. The molecule has 0 fully saturated rings. The van der Waals surface area contributed by atoms with Crippen LogP contribution in [0.1, 0.15) is 33.4 Å². The van der Waals surface area contributed by atoms with Gasteiger partial charge in [0.15, 0.2) is 5.69 Å². The molecule has 1 aromatic heterocycles. The number of aromatic nitrogens is 1. The summed E-state index contributed by atoms with van der Waals surface area (Å²) in [6, 6.07) is 3.93. The lowest BCUT2D eigenvalue weighted by atomic mass is 9.89. The highest BCUT2D eigenvalue weighted by molar-refractivity contribution is 7.09. The van der Waals surface area contributed by atoms with E-state index in [1.54, 1.807) is 0 Å². The Kier molecular flexibility index (Phi) is 4.75. The van der Waals surface area contributed by atoms with Crippen molar-refractivity contribution in [1.29, 1.82) is 0 Å². The van der Waals surface area contributed by atoms with E-state index < -0.39 is 17.7 Å². The molecular formula is C16H14FN3O4S. The molecule has 130 valence electrons. The maximum atomic E-state index is 13.3. The van der Waals surface area contributed by atoms with Crippen LogP contribution in [0.5, 0.6) is 0 Å². The molecule has 2 heterocycles. The van der Waals surface area contributed by atoms with E-state index >= 15 is 0 Å². The van der Waals surface area contributed by atoms with Gasteiger partial charge in [0.1, 0.15) is 5.82 Å². The second-order valence-electron chi connectivity index (χ2n) is 5.51. The number of anilines is 1. The van der Waals surface area contributed by atoms with Gasteiger partial charge < -0.3 is 15.7 Å². The summed E-state index contributed by atoms with van der Waals surface area (Å²) in [5.41, 5.74) is 0.856. The molecule has 9 heteroatoms. The summed E-state index contributed by atoms with van der Waals surface area (Å²) in [5, 5.41) is 16.1. The first-order chi connectivity index (χ1) is 11.9. The number of hydrogen-bond acceptors (Lipinski definition) is 5. The van der Waals surface area contributed by atoms with Gasteiger partial charge in [-0.2, -0.15) is 0 Å². The number of thiazole rings is 1. The molecule has 2 amide bonds. The van der Waals surface area contributed by atoms with Crippen LogP contribution in [0.15, 0.2) is 23.6 Å². The molecule has 1 unspecified atom stereocenters. The van der Waals surface area contributed by atoms with E-state index in [-0.39, 0.29) is 30.5 Å². The first-order valence-electron chi connectivity index (χ1n) is 7.48. The number of benzene rings is 1. The number of fused-ring (bicyclic) bond motifs is 1. The van der Waals surface area contributed by atoms with Crippen molar-refractivity contribution in [3.63, 3.8) is 0 Å². The van der Waals surface area contributed by atoms with Crippen molar-refractivity contribution >= 4 is 34.8 Å². The van der Waals surface area contributed by atoms with E-state index in [4.69, 9.17) is 5.11 Å². The number of halogens is 1. The lowest BCUT2D eigenvalue weighted by molar-refractivity contribution is -0.126. The zero-order valence-corrected chi connectivity index (χ0v) is 13.7. The van der Waals surface area contributed by atoms with Gasteiger partial charge in [-0.3, -0.25) is 9.59 Å². The predicted octanol–water partition coefficient (Wildman–Crippen LogP) is 1.77. The molecule has 1 atom stereocenters. The summed E-state index contributed by atoms with van der Waals surface area (Å²) in [4.78, 5) is 38.9. The summed E-state index contributed by atoms with van der Waals surface area (Å²) >= 11 is 1.21. The van der Waals surface area contributed by atoms with Crippen molar-refractivity contribution in [3.8, 4) is 0 Å². The number of amides is 2. The highest BCUT2D eigenvalue weighted by Crippen LogP contribution is 2.32. The highest BCUT2D eigenvalue weighted by Gasteiger charge is 2.30. The number of hydrogen-bond donors (Lipinski definition) is 3. The average molecular weight is 363 g/mol. The van der Waals surface area contributed by atoms with E-state index in [2.05, 4.69) is 15.6 Å². The number of carbonyl (C=O) groups is 3. The fourth-order valence-electron chi connectivity index (χ4n) is 2.61. The maximum absolute atomic E-state index is 13.3. The van der Waals surface area contributed by atoms with Crippen molar-refractivity contribution in [2.75, 3.05) is 11.9 Å². The van der Waals surface area contributed by atoms with Crippen LogP contribution in [0.4, 0.5) is 10.1 Å². The van der Waals surface area contributed by atoms with Gasteiger partial charge in [0, 0.05) is 30.5 Å². The van der Waals surface area contributed by atoms with Gasteiger partial charge in [-0.1, -0.05) is 6.07 Å². The largest absolute Gasteiger partial charge is 0.476 e. The number of nitrogens with zero attached hydrogens (tertiary/aromatic N) is 1. The molecule has 0 spiro atoms. The molecule has 3 rings (SSSR count). The number of rotatable bonds is 5. The SMILES string of the molecule is O=C1CC(C(=O)NCCc2nc(C(=O)O)cs2)c2ccc(F)cc2N1. The van der Waals surface area contributed by atoms with Crippen LogP contribution in [0.25, 0.3) is 0 Å². The molecule has 1 aromatic carbocycles. The smallest absolute Gasteiger partial charge is 0.355 e. The summed E-state index contributed by atoms with van der Waals surface area (Å²) in [6.45, 7) is 0.264. The first-order valence-corrected chi connectivity index (χ1v) is 8.36. The topological polar surface area (TPSA) is 108 Å². The lowest BCUT2D eigenvalue weighted by Gasteiger charge is -2.24. The number of carbonyl (C=O) groups excluding carboxylic acids is 2. The van der Waals surface area contributed by atoms with E-state index in [0.717, 1.165) is 0 Å². The molecule has 0 aliphatic carbocycles. The van der Waals surface area contributed by atoms with Crippen LogP contribution in [-0.2, 0) is 16.0 Å². The molecule has 3 N–H and O–H groups in total. The molecule has 1 aliphatic heterocycles. The molecule has 1 aliphatic rings. The van der Waals surface area contributed by atoms with Crippen LogP contribution in [0, 0.1) is 5.82 Å². The van der Waals surface area contributed by atoms with Crippen LogP contribution < -0.4 is 10.6 Å². The minimum atomic E-state index is -1.09. The third kappa shape index (κ3) is 3.82. The summed E-state index contributed by atoms with van der Waals surface area (Å²) in [7, 11) is 0. The van der Waals surface area contributed by atoms with Crippen molar-refractivity contribution in [3.05, 3.63) is 45.7 Å². The maximum Gasteiger partial charge on any atom is 0.355 e. The predicted molar refractivity (Wildman–Crippen MR) is 88.2 cm³/mol. The average Bonchev–Trinajstić information content (AvgIpc) is 3.02. The summed E-state index contributed by atoms with van der Waals surface area (Å²) in [5.74, 6) is -2.95. The van der Waals surface area contributed by atoms with Crippen molar-refractivity contribution < 1.29 is 23.9 Å². The number of carboxylic acids is 1. The third-order valence-corrected chi connectivity index (χ3v) is 4.69. The molecule has 0 radical (unpaired) electrons. The minimum Gasteiger partial charge on any atom is -0.476 e. The van der Waals surface area contributed by atoms with Crippen LogP contribution in [-0.4, -0.2) is 34.4 Å². The van der Waals surface area contributed by atoms with E-state index in [9.17, 15) is 18.8 Å². The van der Waals surface area contributed by atoms with E-state index in [1.807, 2.05) is 0 Å². The standard InChI is InChI=1S/C16H14FN3O4S/c17-8-1-2-9-10(6-13(21)19-11(9)5-8)15(22)18-4-3-14-20-12(7-25-14)16(23)24/h1-2,5,7,10H,3-4,6H2,(H,18,22)(H,19,21)(H,23,24). The lowest BCUT2D eigenvalue weighted by Crippen LogP contribution is -2.36. The zero-order valence-electron chi connectivity index (χ0n) is 12.9. The zero-order chi connectivity index (χ0) is 18.0. The van der Waals surface area contributed by atoms with Crippen LogP contribution >= 0.6 is 11.3 Å². The Hall–Kier alpha value is -2.81. The quantitative estimate of drug-likeness (QED) is 0.750. The second kappa shape index (κ2) is 6.98. The van der Waals surface area contributed by atoms with E-state index in [1.165, 1.54) is 34.9 Å². The van der Waals surface area contributed by atoms with Crippen molar-refractivity contribution in [1.82, 2.24) is 10.3 Å². The van der Waals surface area contributed by atoms with Crippen molar-refractivity contribution in [2.45, 2.75) is 18.8 Å². The molecular weight excluding hydrogens is 349 g/mol. The Bertz CT molecular complexity index is 852. The molecule has 7 nitrogen and oxygen atoms in total. The third-order valence-electron chi connectivity index (χ3n) is 3.78. The molecule has 0 bridgehead atoms. The van der Waals surface area contributed by atoms with Crippen LogP contribution in [0.2, 0.25) is 0 Å². The number of nitrogens with one attached hydrogen (secondary N) is 2. The van der Waals surface area contributed by atoms with Crippen LogP contribution in [0.3, 0.4) is 0 Å². The Labute approximate surface area is 145 Å². The first kappa shape index (κ1) is 17.0. The summed E-state index contributed by atoms with van der Waals surface area (Å²) in [6.07, 6.45) is 0.379. The molecule has 2 aromatic rings. The fourth-order valence-corrected chi connectivity index (χ4v) is 3.38. The Morgan fingerprint density at radius 1 is 1.44 bits per heavy atom. The fraction of sp³-hybridized carbons (Fsp3) is 0.250. The van der Waals surface area contributed by atoms with Gasteiger partial charge in [-0.25, -0.2) is 14.2 Å². The van der Waals surface area contributed by atoms with E-state index in [0.29, 0.717) is 22.7 Å². The van der Waals surface area contributed by atoms with Gasteiger partial charge in [-0.05, 0) is 17.7 Å². The van der Waals surface area contributed by atoms with Gasteiger partial charge in [0.05, 0.1) is 10.9 Å². The van der Waals surface area contributed by atoms with Crippen molar-refractivity contribution in [2.24, 2.45) is 0 Å². The Morgan fingerprint density at radius 2 is 2.24 bits per heavy atom. The highest BCUT2D eigenvalue weighted by atomic mass is 32.1. The van der Waals surface area contributed by atoms with Gasteiger partial charge in [-0.15, -0.1) is 11.3 Å². The van der Waals surface area contributed by atoms with Gasteiger partial charge >= 0.3 is 5.97 Å². The molecule has 0 saturated carbocycles. The monoisotopic (exact) mass is 363 g/mol. The molecule has 25 heavy (non-hydrogen) atoms. The minimum absolute atomic E-state index is 0.00905.